The van der Waals surface area contributed by atoms with E-state index >= 15 is 0 Å². The van der Waals surface area contributed by atoms with E-state index in [1.54, 1.807) is 18.4 Å². The molecule has 2 rings (SSSR count). The van der Waals surface area contributed by atoms with E-state index < -0.39 is 0 Å². The van der Waals surface area contributed by atoms with Crippen LogP contribution in [0.15, 0.2) is 29.6 Å². The fourth-order valence-corrected chi connectivity index (χ4v) is 2.40. The van der Waals surface area contributed by atoms with Gasteiger partial charge < -0.3 is 10.5 Å². The lowest BCUT2D eigenvalue weighted by Crippen LogP contribution is -1.88. The van der Waals surface area contributed by atoms with Crippen molar-refractivity contribution in [2.75, 3.05) is 12.8 Å². The molecule has 2 aromatic rings. The van der Waals surface area contributed by atoms with E-state index in [2.05, 4.69) is 6.92 Å². The van der Waals surface area contributed by atoms with Gasteiger partial charge in [-0.1, -0.05) is 12.1 Å². The molecule has 2 nitrogen and oxygen atoms in total. The smallest absolute Gasteiger partial charge is 0.119 e. The van der Waals surface area contributed by atoms with Gasteiger partial charge in [0.1, 0.15) is 5.75 Å². The molecule has 0 spiro atoms. The molecule has 0 aliphatic heterocycles. The van der Waals surface area contributed by atoms with Gasteiger partial charge in [-0.3, -0.25) is 0 Å². The van der Waals surface area contributed by atoms with Gasteiger partial charge in [0.15, 0.2) is 0 Å². The summed E-state index contributed by atoms with van der Waals surface area (Å²) in [4.78, 5) is 1.24. The molecular formula is C12H13NOS. The third-order valence-corrected chi connectivity index (χ3v) is 3.29. The lowest BCUT2D eigenvalue weighted by Gasteiger charge is -2.05. The fraction of sp³-hybridized carbons (Fsp3) is 0.167. The molecule has 0 aliphatic rings. The van der Waals surface area contributed by atoms with Crippen LogP contribution >= 0.6 is 11.3 Å². The number of thiophene rings is 1. The van der Waals surface area contributed by atoms with Crippen LogP contribution in [0, 0.1) is 6.92 Å². The molecule has 0 amide bonds. The third kappa shape index (κ3) is 1.83. The van der Waals surface area contributed by atoms with E-state index in [1.807, 2.05) is 29.6 Å². The summed E-state index contributed by atoms with van der Waals surface area (Å²) >= 11 is 1.67. The number of hydrogen-bond donors (Lipinski definition) is 1. The van der Waals surface area contributed by atoms with Crippen molar-refractivity contribution < 1.29 is 4.74 Å². The van der Waals surface area contributed by atoms with Crippen molar-refractivity contribution in [3.8, 4) is 16.9 Å². The minimum Gasteiger partial charge on any atom is -0.497 e. The molecule has 0 atom stereocenters. The number of nitrogens with two attached hydrogens (primary N) is 1. The fourth-order valence-electron chi connectivity index (χ4n) is 1.62. The van der Waals surface area contributed by atoms with Gasteiger partial charge in [0.2, 0.25) is 0 Å². The second-order valence-corrected chi connectivity index (χ2v) is 4.44. The standard InChI is InChI=1S/C12H13NOS/c1-8-12(11(13)7-15-8)9-4-3-5-10(6-9)14-2/h3-7H,13H2,1-2H3. The zero-order valence-electron chi connectivity index (χ0n) is 8.78. The van der Waals surface area contributed by atoms with Gasteiger partial charge in [-0.25, -0.2) is 0 Å². The lowest BCUT2D eigenvalue weighted by atomic mass is 10.1. The van der Waals surface area contributed by atoms with Gasteiger partial charge >= 0.3 is 0 Å². The van der Waals surface area contributed by atoms with Crippen LogP contribution < -0.4 is 10.5 Å². The first-order valence-electron chi connectivity index (χ1n) is 4.70. The Morgan fingerprint density at radius 1 is 1.33 bits per heavy atom. The van der Waals surface area contributed by atoms with Gasteiger partial charge in [-0.2, -0.15) is 0 Å². The number of ether oxygens (including phenoxy) is 1. The Balaban J connectivity index is 2.53. The molecule has 3 heteroatoms. The van der Waals surface area contributed by atoms with Gasteiger partial charge in [0, 0.05) is 15.8 Å². The van der Waals surface area contributed by atoms with Crippen LogP contribution in [0.25, 0.3) is 11.1 Å². The first-order chi connectivity index (χ1) is 7.22. The highest BCUT2D eigenvalue weighted by atomic mass is 32.1. The minimum absolute atomic E-state index is 0.839. The largest absolute Gasteiger partial charge is 0.497 e. The summed E-state index contributed by atoms with van der Waals surface area (Å²) in [7, 11) is 1.67. The average molecular weight is 219 g/mol. The second-order valence-electron chi connectivity index (χ2n) is 3.35. The average Bonchev–Trinajstić information content (AvgIpc) is 2.59. The summed E-state index contributed by atoms with van der Waals surface area (Å²) in [5.41, 5.74) is 9.01. The van der Waals surface area contributed by atoms with Crippen LogP contribution in [0.2, 0.25) is 0 Å². The zero-order chi connectivity index (χ0) is 10.8. The van der Waals surface area contributed by atoms with Crippen LogP contribution in [-0.2, 0) is 0 Å². The lowest BCUT2D eigenvalue weighted by molar-refractivity contribution is 0.415. The van der Waals surface area contributed by atoms with Gasteiger partial charge in [0.05, 0.1) is 12.8 Å². The summed E-state index contributed by atoms with van der Waals surface area (Å²) in [6.07, 6.45) is 0. The number of nitrogen functional groups attached to an aromatic ring is 1. The van der Waals surface area contributed by atoms with Crippen molar-refractivity contribution in [2.45, 2.75) is 6.92 Å². The predicted molar refractivity (Wildman–Crippen MR) is 65.5 cm³/mol. The van der Waals surface area contributed by atoms with Crippen LogP contribution in [0.3, 0.4) is 0 Å². The number of methoxy groups -OCH3 is 1. The molecule has 1 heterocycles. The summed E-state index contributed by atoms with van der Waals surface area (Å²) in [6, 6.07) is 7.96. The SMILES string of the molecule is COc1cccc(-c2c(N)csc2C)c1. The first-order valence-corrected chi connectivity index (χ1v) is 5.58. The molecule has 0 unspecified atom stereocenters. The molecule has 0 bridgehead atoms. The van der Waals surface area contributed by atoms with Crippen molar-refractivity contribution >= 4 is 17.0 Å². The van der Waals surface area contributed by atoms with Crippen LogP contribution in [0.1, 0.15) is 4.88 Å². The number of hydrogen-bond acceptors (Lipinski definition) is 3. The summed E-state index contributed by atoms with van der Waals surface area (Å²) in [5, 5.41) is 1.98. The van der Waals surface area contributed by atoms with E-state index in [-0.39, 0.29) is 0 Å². The maximum absolute atomic E-state index is 5.93. The maximum atomic E-state index is 5.93. The molecule has 2 N–H and O–H groups in total. The highest BCUT2D eigenvalue weighted by Gasteiger charge is 2.08. The Morgan fingerprint density at radius 2 is 2.13 bits per heavy atom. The third-order valence-electron chi connectivity index (χ3n) is 2.36. The molecule has 0 saturated heterocycles. The summed E-state index contributed by atoms with van der Waals surface area (Å²) < 4.78 is 5.20. The van der Waals surface area contributed by atoms with E-state index in [4.69, 9.17) is 10.5 Å². The number of aryl methyl sites for hydroxylation is 1. The highest BCUT2D eigenvalue weighted by molar-refractivity contribution is 7.11. The second kappa shape index (κ2) is 3.95. The van der Waals surface area contributed by atoms with Crippen molar-refractivity contribution in [2.24, 2.45) is 0 Å². The molecule has 1 aromatic heterocycles. The Labute approximate surface area is 93.3 Å². The Morgan fingerprint density at radius 3 is 2.73 bits per heavy atom. The number of rotatable bonds is 2. The number of anilines is 1. The van der Waals surface area contributed by atoms with Crippen LogP contribution in [0.5, 0.6) is 5.75 Å². The van der Waals surface area contributed by atoms with E-state index in [0.29, 0.717) is 0 Å². The molecule has 0 fully saturated rings. The van der Waals surface area contributed by atoms with E-state index in [1.165, 1.54) is 4.88 Å². The maximum Gasteiger partial charge on any atom is 0.119 e. The van der Waals surface area contributed by atoms with Crippen molar-refractivity contribution in [1.82, 2.24) is 0 Å². The normalized spacial score (nSPS) is 10.3. The van der Waals surface area contributed by atoms with Gasteiger partial charge in [-0.05, 0) is 24.6 Å². The van der Waals surface area contributed by atoms with Crippen molar-refractivity contribution in [3.05, 3.63) is 34.5 Å². The molecule has 78 valence electrons. The molecule has 0 aliphatic carbocycles. The molecule has 0 saturated carbocycles. The Kier molecular flexibility index (Phi) is 2.64. The predicted octanol–water partition coefficient (Wildman–Crippen LogP) is 3.31. The Bertz CT molecular complexity index is 457. The topological polar surface area (TPSA) is 35.2 Å². The van der Waals surface area contributed by atoms with Crippen LogP contribution in [-0.4, -0.2) is 7.11 Å². The molecule has 15 heavy (non-hydrogen) atoms. The molecular weight excluding hydrogens is 206 g/mol. The number of benzene rings is 1. The van der Waals surface area contributed by atoms with Crippen molar-refractivity contribution in [3.63, 3.8) is 0 Å². The zero-order valence-corrected chi connectivity index (χ0v) is 9.60. The first kappa shape index (κ1) is 10.1. The summed E-state index contributed by atoms with van der Waals surface area (Å²) in [6.45, 7) is 2.08. The summed E-state index contributed by atoms with van der Waals surface area (Å²) in [5.74, 6) is 0.859. The van der Waals surface area contributed by atoms with Crippen LogP contribution in [0.4, 0.5) is 5.69 Å². The van der Waals surface area contributed by atoms with E-state index in [0.717, 1.165) is 22.6 Å². The molecule has 0 radical (unpaired) electrons. The Hall–Kier alpha value is -1.48. The van der Waals surface area contributed by atoms with Gasteiger partial charge in [-0.15, -0.1) is 11.3 Å². The van der Waals surface area contributed by atoms with Crippen molar-refractivity contribution in [1.29, 1.82) is 0 Å². The highest BCUT2D eigenvalue weighted by Crippen LogP contribution is 2.35. The monoisotopic (exact) mass is 219 g/mol. The molecule has 1 aromatic carbocycles. The quantitative estimate of drug-likeness (QED) is 0.841. The van der Waals surface area contributed by atoms with Gasteiger partial charge in [0.25, 0.3) is 0 Å². The minimum atomic E-state index is 0.839. The van der Waals surface area contributed by atoms with E-state index in [9.17, 15) is 0 Å².